The molecule has 4 rings (SSSR count). The van der Waals surface area contributed by atoms with E-state index in [9.17, 15) is 9.18 Å². The summed E-state index contributed by atoms with van der Waals surface area (Å²) >= 11 is 0. The third-order valence-electron chi connectivity index (χ3n) is 8.50. The largest absolute Gasteiger partial charge is 0.338 e. The molecule has 0 radical (unpaired) electrons. The van der Waals surface area contributed by atoms with Crippen molar-refractivity contribution in [1.82, 2.24) is 14.7 Å². The molecule has 2 fully saturated rings. The molecule has 2 aromatic rings. The molecule has 5 heteroatoms. The lowest BCUT2D eigenvalue weighted by Crippen LogP contribution is -2.62. The van der Waals surface area contributed by atoms with Crippen LogP contribution in [0.15, 0.2) is 36.4 Å². The highest BCUT2D eigenvalue weighted by molar-refractivity contribution is 5.97. The summed E-state index contributed by atoms with van der Waals surface area (Å²) in [4.78, 5) is 20.7. The van der Waals surface area contributed by atoms with Crippen LogP contribution in [-0.4, -0.2) is 64.9 Å². The van der Waals surface area contributed by atoms with Gasteiger partial charge in [-0.2, -0.15) is 0 Å². The van der Waals surface area contributed by atoms with E-state index in [1.54, 1.807) is 12.1 Å². The molecule has 2 heterocycles. The number of rotatable bonds is 5. The normalized spacial score (nSPS) is 22.3. The van der Waals surface area contributed by atoms with Crippen LogP contribution in [0.1, 0.15) is 78.7 Å². The number of piperazine rings is 1. The second-order valence-electron chi connectivity index (χ2n) is 11.1. The molecule has 2 aromatic carbocycles. The zero-order chi connectivity index (χ0) is 25.3. The molecule has 2 unspecified atom stereocenters. The van der Waals surface area contributed by atoms with E-state index in [0.717, 1.165) is 68.7 Å². The van der Waals surface area contributed by atoms with Crippen LogP contribution in [0, 0.1) is 26.6 Å². The molecule has 1 amide bonds. The first-order valence-corrected chi connectivity index (χ1v) is 13.3. The van der Waals surface area contributed by atoms with Gasteiger partial charge >= 0.3 is 0 Å². The molecular formula is C30H42FN3O. The van der Waals surface area contributed by atoms with Crippen LogP contribution in [-0.2, 0) is 0 Å². The lowest BCUT2D eigenvalue weighted by Gasteiger charge is -2.53. The molecule has 35 heavy (non-hydrogen) atoms. The maximum Gasteiger partial charge on any atom is 0.254 e. The lowest BCUT2D eigenvalue weighted by molar-refractivity contribution is -0.0305. The van der Waals surface area contributed by atoms with Gasteiger partial charge in [-0.3, -0.25) is 14.6 Å². The number of halogens is 1. The second kappa shape index (κ2) is 10.4. The number of hydrogen-bond acceptors (Lipinski definition) is 3. The highest BCUT2D eigenvalue weighted by Gasteiger charge is 2.41. The molecule has 2 aliphatic rings. The standard InChI is InChI=1S/C30H42FN3O/c1-7-27(25-8-10-26(31)11-9-25)34-17-16-33(20-24(34)5)30(6)12-14-32(15-13-30)29(35)28-22(3)18-21(2)19-23(28)4/h8-11,18-19,24,27H,7,12-17,20H2,1-6H3. The first kappa shape index (κ1) is 25.8. The average Bonchev–Trinajstić information content (AvgIpc) is 2.81. The van der Waals surface area contributed by atoms with E-state index < -0.39 is 0 Å². The third kappa shape index (κ3) is 5.31. The Bertz CT molecular complexity index is 1020. The predicted molar refractivity (Wildman–Crippen MR) is 141 cm³/mol. The summed E-state index contributed by atoms with van der Waals surface area (Å²) in [7, 11) is 0. The number of amides is 1. The molecule has 0 aliphatic carbocycles. The van der Waals surface area contributed by atoms with Crippen LogP contribution in [0.2, 0.25) is 0 Å². The van der Waals surface area contributed by atoms with Crippen molar-refractivity contribution in [2.75, 3.05) is 32.7 Å². The number of carbonyl (C=O) groups is 1. The van der Waals surface area contributed by atoms with Crippen LogP contribution in [0.5, 0.6) is 0 Å². The minimum Gasteiger partial charge on any atom is -0.338 e. The highest BCUT2D eigenvalue weighted by Crippen LogP contribution is 2.35. The van der Waals surface area contributed by atoms with E-state index in [2.05, 4.69) is 68.4 Å². The molecule has 0 spiro atoms. The molecule has 0 N–H and O–H groups in total. The summed E-state index contributed by atoms with van der Waals surface area (Å²) in [5.41, 5.74) is 5.57. The van der Waals surface area contributed by atoms with Gasteiger partial charge in [-0.15, -0.1) is 0 Å². The van der Waals surface area contributed by atoms with E-state index in [-0.39, 0.29) is 17.3 Å². The van der Waals surface area contributed by atoms with Crippen molar-refractivity contribution in [3.63, 3.8) is 0 Å². The van der Waals surface area contributed by atoms with Crippen LogP contribution in [0.3, 0.4) is 0 Å². The van der Waals surface area contributed by atoms with Gasteiger partial charge in [0.2, 0.25) is 0 Å². The van der Waals surface area contributed by atoms with Gasteiger partial charge in [0, 0.05) is 55.9 Å². The van der Waals surface area contributed by atoms with Gasteiger partial charge in [-0.25, -0.2) is 4.39 Å². The van der Waals surface area contributed by atoms with Crippen LogP contribution >= 0.6 is 0 Å². The fourth-order valence-corrected chi connectivity index (χ4v) is 6.45. The summed E-state index contributed by atoms with van der Waals surface area (Å²) in [6.07, 6.45) is 3.03. The number of benzene rings is 2. The monoisotopic (exact) mass is 479 g/mol. The Morgan fingerprint density at radius 2 is 1.63 bits per heavy atom. The van der Waals surface area contributed by atoms with Gasteiger partial charge < -0.3 is 4.90 Å². The summed E-state index contributed by atoms with van der Waals surface area (Å²) in [6.45, 7) is 17.8. The first-order valence-electron chi connectivity index (χ1n) is 13.3. The maximum atomic E-state index is 13.5. The Balaban J connectivity index is 1.39. The van der Waals surface area contributed by atoms with Crippen molar-refractivity contribution in [1.29, 1.82) is 0 Å². The third-order valence-corrected chi connectivity index (χ3v) is 8.50. The molecule has 2 saturated heterocycles. The van der Waals surface area contributed by atoms with E-state index in [4.69, 9.17) is 0 Å². The van der Waals surface area contributed by atoms with Gasteiger partial charge in [0.15, 0.2) is 0 Å². The number of nitrogens with zero attached hydrogens (tertiary/aromatic N) is 3. The molecule has 190 valence electrons. The summed E-state index contributed by atoms with van der Waals surface area (Å²) < 4.78 is 13.5. The van der Waals surface area contributed by atoms with E-state index >= 15 is 0 Å². The molecule has 0 aromatic heterocycles. The smallest absolute Gasteiger partial charge is 0.254 e. The molecule has 2 aliphatic heterocycles. The van der Waals surface area contributed by atoms with E-state index in [0.29, 0.717) is 12.1 Å². The van der Waals surface area contributed by atoms with E-state index in [1.807, 2.05) is 12.1 Å². The topological polar surface area (TPSA) is 26.8 Å². The fraction of sp³-hybridized carbons (Fsp3) is 0.567. The van der Waals surface area contributed by atoms with Crippen LogP contribution in [0.4, 0.5) is 4.39 Å². The van der Waals surface area contributed by atoms with Gasteiger partial charge in [0.05, 0.1) is 0 Å². The number of carbonyl (C=O) groups excluding carboxylic acids is 1. The quantitative estimate of drug-likeness (QED) is 0.534. The minimum atomic E-state index is -0.174. The number of likely N-dealkylation sites (tertiary alicyclic amines) is 1. The van der Waals surface area contributed by atoms with Crippen molar-refractivity contribution in [3.05, 3.63) is 70.0 Å². The predicted octanol–water partition coefficient (Wildman–Crippen LogP) is 5.90. The zero-order valence-electron chi connectivity index (χ0n) is 22.4. The van der Waals surface area contributed by atoms with Crippen molar-refractivity contribution in [2.45, 2.75) is 78.4 Å². The minimum absolute atomic E-state index is 0.117. The average molecular weight is 480 g/mol. The van der Waals surface area contributed by atoms with Gasteiger partial charge in [-0.05, 0) is 82.7 Å². The SMILES string of the molecule is CCC(c1ccc(F)cc1)N1CCN(C2(C)CCN(C(=O)c3c(C)cc(C)cc3C)CC2)CC1C. The number of aryl methyl sites for hydroxylation is 3. The van der Waals surface area contributed by atoms with Crippen molar-refractivity contribution in [2.24, 2.45) is 0 Å². The first-order chi connectivity index (χ1) is 16.6. The van der Waals surface area contributed by atoms with Crippen molar-refractivity contribution in [3.8, 4) is 0 Å². The summed E-state index contributed by atoms with van der Waals surface area (Å²) in [6, 6.07) is 12.0. The Hall–Kier alpha value is -2.24. The molecule has 4 nitrogen and oxygen atoms in total. The molecule has 2 atom stereocenters. The highest BCUT2D eigenvalue weighted by atomic mass is 19.1. The fourth-order valence-electron chi connectivity index (χ4n) is 6.45. The van der Waals surface area contributed by atoms with E-state index in [1.165, 1.54) is 11.1 Å². The molecular weight excluding hydrogens is 437 g/mol. The number of hydrogen-bond donors (Lipinski definition) is 0. The van der Waals surface area contributed by atoms with Gasteiger partial charge in [-0.1, -0.05) is 36.8 Å². The Morgan fingerprint density at radius 3 is 2.17 bits per heavy atom. The Labute approximate surface area is 211 Å². The maximum absolute atomic E-state index is 13.5. The molecule has 0 bridgehead atoms. The van der Waals surface area contributed by atoms with Crippen molar-refractivity contribution >= 4 is 5.91 Å². The van der Waals surface area contributed by atoms with Crippen LogP contribution in [0.25, 0.3) is 0 Å². The zero-order valence-corrected chi connectivity index (χ0v) is 22.4. The van der Waals surface area contributed by atoms with Gasteiger partial charge in [0.25, 0.3) is 5.91 Å². The summed E-state index contributed by atoms with van der Waals surface area (Å²) in [5.74, 6) is 0.0113. The second-order valence-corrected chi connectivity index (χ2v) is 11.1. The Morgan fingerprint density at radius 1 is 1.03 bits per heavy atom. The summed E-state index contributed by atoms with van der Waals surface area (Å²) in [5, 5.41) is 0. The van der Waals surface area contributed by atoms with Crippen LogP contribution < -0.4 is 0 Å². The molecule has 0 saturated carbocycles. The Kier molecular flexibility index (Phi) is 7.68. The number of piperidine rings is 1. The lowest BCUT2D eigenvalue weighted by atomic mass is 9.85. The van der Waals surface area contributed by atoms with Crippen molar-refractivity contribution < 1.29 is 9.18 Å². The van der Waals surface area contributed by atoms with Gasteiger partial charge in [0.1, 0.15) is 5.82 Å².